The van der Waals surface area contributed by atoms with Crippen molar-refractivity contribution in [3.63, 3.8) is 0 Å². The normalized spacial score (nSPS) is 17.3. The number of sulfonamides is 1. The molecule has 1 aliphatic rings. The van der Waals surface area contributed by atoms with Crippen molar-refractivity contribution in [3.05, 3.63) is 53.0 Å². The fourth-order valence-electron chi connectivity index (χ4n) is 3.49. The SMILES string of the molecule is Cc1cc(C)c(S(=O)(=O)N2CCC(S(=O)(=O)Cc3ccco3)CC2)cc1C. The smallest absolute Gasteiger partial charge is 0.243 e. The van der Waals surface area contributed by atoms with Crippen LogP contribution in [0.25, 0.3) is 0 Å². The Morgan fingerprint density at radius 2 is 1.63 bits per heavy atom. The van der Waals surface area contributed by atoms with Crippen molar-refractivity contribution in [2.45, 2.75) is 49.5 Å². The number of nitrogens with zero attached hydrogens (tertiary/aromatic N) is 1. The molecule has 1 aromatic heterocycles. The Morgan fingerprint density at radius 1 is 1.00 bits per heavy atom. The van der Waals surface area contributed by atoms with Crippen molar-refractivity contribution in [1.82, 2.24) is 4.31 Å². The van der Waals surface area contributed by atoms with Gasteiger partial charge in [-0.05, 0) is 68.5 Å². The lowest BCUT2D eigenvalue weighted by Crippen LogP contribution is -2.42. The average Bonchev–Trinajstić information content (AvgIpc) is 3.10. The maximum atomic E-state index is 13.0. The van der Waals surface area contributed by atoms with E-state index in [4.69, 9.17) is 4.42 Å². The van der Waals surface area contributed by atoms with Crippen LogP contribution in [-0.2, 0) is 25.6 Å². The highest BCUT2D eigenvalue weighted by molar-refractivity contribution is 7.91. The van der Waals surface area contributed by atoms with Crippen molar-refractivity contribution >= 4 is 19.9 Å². The topological polar surface area (TPSA) is 84.7 Å². The molecule has 0 spiro atoms. The van der Waals surface area contributed by atoms with E-state index in [0.717, 1.165) is 11.1 Å². The second-order valence-corrected chi connectivity index (χ2v) is 11.4. The highest BCUT2D eigenvalue weighted by atomic mass is 32.2. The quantitative estimate of drug-likeness (QED) is 0.755. The van der Waals surface area contributed by atoms with E-state index in [0.29, 0.717) is 29.1 Å². The third kappa shape index (κ3) is 4.12. The summed E-state index contributed by atoms with van der Waals surface area (Å²) in [6, 6.07) is 6.88. The van der Waals surface area contributed by atoms with Gasteiger partial charge in [0.2, 0.25) is 10.0 Å². The molecule has 0 atom stereocenters. The molecule has 148 valence electrons. The number of sulfone groups is 1. The Labute approximate surface area is 161 Å². The molecular weight excluding hydrogens is 386 g/mol. The number of hydrogen-bond acceptors (Lipinski definition) is 5. The maximum Gasteiger partial charge on any atom is 0.243 e. The van der Waals surface area contributed by atoms with Gasteiger partial charge in [-0.2, -0.15) is 4.31 Å². The van der Waals surface area contributed by atoms with Gasteiger partial charge in [0.15, 0.2) is 9.84 Å². The fourth-order valence-corrected chi connectivity index (χ4v) is 6.98. The summed E-state index contributed by atoms with van der Waals surface area (Å²) in [6.07, 6.45) is 2.05. The highest BCUT2D eigenvalue weighted by Gasteiger charge is 2.35. The summed E-state index contributed by atoms with van der Waals surface area (Å²) in [5.74, 6) is 0.268. The number of piperidine rings is 1. The summed E-state index contributed by atoms with van der Waals surface area (Å²) in [5.41, 5.74) is 2.69. The van der Waals surface area contributed by atoms with Crippen LogP contribution >= 0.6 is 0 Å². The van der Waals surface area contributed by atoms with Crippen molar-refractivity contribution < 1.29 is 21.3 Å². The first-order valence-corrected chi connectivity index (χ1v) is 12.1. The van der Waals surface area contributed by atoms with Gasteiger partial charge in [0, 0.05) is 13.1 Å². The van der Waals surface area contributed by atoms with Crippen molar-refractivity contribution in [2.75, 3.05) is 13.1 Å². The van der Waals surface area contributed by atoms with E-state index in [1.165, 1.54) is 10.6 Å². The number of aryl methyl sites for hydroxylation is 3. The van der Waals surface area contributed by atoms with E-state index < -0.39 is 25.1 Å². The zero-order chi connectivity index (χ0) is 19.8. The van der Waals surface area contributed by atoms with Crippen LogP contribution in [0.15, 0.2) is 39.8 Å². The van der Waals surface area contributed by atoms with Gasteiger partial charge in [-0.25, -0.2) is 16.8 Å². The van der Waals surface area contributed by atoms with Gasteiger partial charge >= 0.3 is 0 Å². The van der Waals surface area contributed by atoms with Gasteiger partial charge in [0.05, 0.1) is 16.4 Å². The number of furan rings is 1. The number of benzene rings is 1. The van der Waals surface area contributed by atoms with E-state index in [1.807, 2.05) is 19.9 Å². The second kappa shape index (κ2) is 7.41. The first-order chi connectivity index (χ1) is 12.6. The van der Waals surface area contributed by atoms with Crippen LogP contribution in [0.2, 0.25) is 0 Å². The van der Waals surface area contributed by atoms with Gasteiger partial charge in [0.25, 0.3) is 0 Å². The van der Waals surface area contributed by atoms with Crippen LogP contribution in [0.5, 0.6) is 0 Å². The van der Waals surface area contributed by atoms with E-state index >= 15 is 0 Å². The predicted molar refractivity (Wildman–Crippen MR) is 104 cm³/mol. The minimum atomic E-state index is -3.63. The zero-order valence-electron chi connectivity index (χ0n) is 15.8. The summed E-state index contributed by atoms with van der Waals surface area (Å²) in [4.78, 5) is 0.308. The maximum absolute atomic E-state index is 13.0. The molecule has 0 amide bonds. The molecule has 6 nitrogen and oxygen atoms in total. The first-order valence-electron chi connectivity index (χ1n) is 8.93. The summed E-state index contributed by atoms with van der Waals surface area (Å²) in [7, 11) is -7.01. The Balaban J connectivity index is 1.74. The molecule has 0 N–H and O–H groups in total. The minimum absolute atomic E-state index is 0.145. The molecule has 1 saturated heterocycles. The Bertz CT molecular complexity index is 1020. The van der Waals surface area contributed by atoms with Gasteiger partial charge in [-0.1, -0.05) is 6.07 Å². The highest BCUT2D eigenvalue weighted by Crippen LogP contribution is 2.28. The van der Waals surface area contributed by atoms with E-state index in [2.05, 4.69) is 0 Å². The van der Waals surface area contributed by atoms with Crippen LogP contribution in [0.3, 0.4) is 0 Å². The third-order valence-electron chi connectivity index (χ3n) is 5.24. The average molecular weight is 412 g/mol. The molecule has 0 aliphatic carbocycles. The number of hydrogen-bond donors (Lipinski definition) is 0. The Morgan fingerprint density at radius 3 is 2.22 bits per heavy atom. The zero-order valence-corrected chi connectivity index (χ0v) is 17.4. The van der Waals surface area contributed by atoms with Gasteiger partial charge in [0.1, 0.15) is 11.5 Å². The van der Waals surface area contributed by atoms with E-state index in [-0.39, 0.29) is 18.8 Å². The van der Waals surface area contributed by atoms with E-state index in [1.54, 1.807) is 25.1 Å². The fraction of sp³-hybridized carbons (Fsp3) is 0.474. The molecule has 8 heteroatoms. The van der Waals surface area contributed by atoms with Crippen LogP contribution in [0, 0.1) is 20.8 Å². The summed E-state index contributed by atoms with van der Waals surface area (Å²) >= 11 is 0. The first kappa shape index (κ1) is 20.1. The molecular formula is C19H25NO5S2. The monoisotopic (exact) mass is 411 g/mol. The standard InChI is InChI=1S/C19H25NO5S2/c1-14-11-16(3)19(12-15(14)2)27(23,24)20-8-6-18(7-9-20)26(21,22)13-17-5-4-10-25-17/h4-5,10-12,18H,6-9,13H2,1-3H3. The summed E-state index contributed by atoms with van der Waals surface area (Å²) in [6.45, 7) is 6.04. The Hall–Kier alpha value is -1.64. The van der Waals surface area contributed by atoms with E-state index in [9.17, 15) is 16.8 Å². The second-order valence-electron chi connectivity index (χ2n) is 7.19. The minimum Gasteiger partial charge on any atom is -0.468 e. The summed E-state index contributed by atoms with van der Waals surface area (Å²) < 4.78 is 57.8. The lowest BCUT2D eigenvalue weighted by molar-refractivity contribution is 0.345. The van der Waals surface area contributed by atoms with Crippen molar-refractivity contribution in [1.29, 1.82) is 0 Å². The number of rotatable bonds is 5. The van der Waals surface area contributed by atoms with Crippen LogP contribution in [0.4, 0.5) is 0 Å². The van der Waals surface area contributed by atoms with Crippen molar-refractivity contribution in [2.24, 2.45) is 0 Å². The molecule has 0 radical (unpaired) electrons. The molecule has 1 aromatic carbocycles. The molecule has 2 aromatic rings. The molecule has 2 heterocycles. The van der Waals surface area contributed by atoms with Crippen LogP contribution in [0.1, 0.15) is 35.3 Å². The van der Waals surface area contributed by atoms with Gasteiger partial charge in [-0.3, -0.25) is 0 Å². The molecule has 1 fully saturated rings. The molecule has 27 heavy (non-hydrogen) atoms. The lowest BCUT2D eigenvalue weighted by atomic mass is 10.1. The van der Waals surface area contributed by atoms with Crippen LogP contribution in [-0.4, -0.2) is 39.5 Å². The summed E-state index contributed by atoms with van der Waals surface area (Å²) in [5, 5.41) is -0.546. The van der Waals surface area contributed by atoms with Gasteiger partial charge in [-0.15, -0.1) is 0 Å². The third-order valence-corrected chi connectivity index (χ3v) is 9.46. The van der Waals surface area contributed by atoms with Crippen molar-refractivity contribution in [3.8, 4) is 0 Å². The largest absolute Gasteiger partial charge is 0.468 e. The molecule has 0 bridgehead atoms. The van der Waals surface area contributed by atoms with Crippen LogP contribution < -0.4 is 0 Å². The molecule has 0 saturated carbocycles. The molecule has 3 rings (SSSR count). The lowest BCUT2D eigenvalue weighted by Gasteiger charge is -2.31. The molecule has 1 aliphatic heterocycles. The van der Waals surface area contributed by atoms with Gasteiger partial charge < -0.3 is 4.42 Å². The predicted octanol–water partition coefficient (Wildman–Crippen LogP) is 2.97. The molecule has 0 unspecified atom stereocenters. The Kier molecular flexibility index (Phi) is 5.52.